The van der Waals surface area contributed by atoms with Gasteiger partial charge >= 0.3 is 0 Å². The van der Waals surface area contributed by atoms with Crippen LogP contribution in [0.4, 0.5) is 0 Å². The van der Waals surface area contributed by atoms with Crippen molar-refractivity contribution in [2.75, 3.05) is 7.05 Å². The molecule has 0 aliphatic heterocycles. The van der Waals surface area contributed by atoms with Crippen molar-refractivity contribution < 1.29 is 0 Å². The number of nitrogens with zero attached hydrogens (tertiary/aromatic N) is 1. The van der Waals surface area contributed by atoms with Gasteiger partial charge in [0.25, 0.3) is 0 Å². The lowest BCUT2D eigenvalue weighted by Crippen LogP contribution is -2.62. The SMILES string of the molecule is CN([Si](c1ccccc1)c1ccccc1)[Si](C)(C)C. The molecule has 0 amide bonds. The van der Waals surface area contributed by atoms with E-state index in [0.717, 1.165) is 0 Å². The van der Waals surface area contributed by atoms with Gasteiger partial charge < -0.3 is 4.23 Å². The average molecular weight is 285 g/mol. The van der Waals surface area contributed by atoms with Gasteiger partial charge in [-0.1, -0.05) is 80.3 Å². The number of hydrogen-bond donors (Lipinski definition) is 0. The predicted octanol–water partition coefficient (Wildman–Crippen LogP) is 2.56. The van der Waals surface area contributed by atoms with Gasteiger partial charge in [-0.2, -0.15) is 0 Å². The third-order valence-electron chi connectivity index (χ3n) is 3.44. The third-order valence-corrected chi connectivity index (χ3v) is 10.6. The van der Waals surface area contributed by atoms with Crippen LogP contribution < -0.4 is 10.4 Å². The van der Waals surface area contributed by atoms with Crippen LogP contribution in [-0.2, 0) is 0 Å². The lowest BCUT2D eigenvalue weighted by Gasteiger charge is -2.36. The van der Waals surface area contributed by atoms with Crippen molar-refractivity contribution in [1.29, 1.82) is 0 Å². The van der Waals surface area contributed by atoms with Gasteiger partial charge in [0.15, 0.2) is 0 Å². The predicted molar refractivity (Wildman–Crippen MR) is 89.0 cm³/mol. The zero-order chi connectivity index (χ0) is 13.9. The molecule has 2 aromatic rings. The van der Waals surface area contributed by atoms with E-state index in [4.69, 9.17) is 0 Å². The molecular weight excluding hydrogens is 262 g/mol. The molecule has 0 aliphatic rings. The molecule has 1 nitrogen and oxygen atoms in total. The molecule has 2 aromatic carbocycles. The summed E-state index contributed by atoms with van der Waals surface area (Å²) in [5.74, 6) is 0. The average Bonchev–Trinajstić information content (AvgIpc) is 2.40. The summed E-state index contributed by atoms with van der Waals surface area (Å²) in [4.78, 5) is 0. The normalized spacial score (nSPS) is 12.1. The number of benzene rings is 2. The molecule has 0 heterocycles. The van der Waals surface area contributed by atoms with Crippen LogP contribution in [0.3, 0.4) is 0 Å². The second kappa shape index (κ2) is 5.86. The van der Waals surface area contributed by atoms with Crippen LogP contribution in [0.15, 0.2) is 60.7 Å². The molecule has 19 heavy (non-hydrogen) atoms. The van der Waals surface area contributed by atoms with Crippen molar-refractivity contribution >= 4 is 27.6 Å². The van der Waals surface area contributed by atoms with Crippen LogP contribution in [0.1, 0.15) is 0 Å². The zero-order valence-corrected chi connectivity index (χ0v) is 14.2. The van der Waals surface area contributed by atoms with Gasteiger partial charge in [-0.3, -0.25) is 0 Å². The molecule has 0 N–H and O–H groups in total. The Balaban J connectivity index is 2.46. The summed E-state index contributed by atoms with van der Waals surface area (Å²) >= 11 is 0. The van der Waals surface area contributed by atoms with Crippen LogP contribution >= 0.6 is 0 Å². The molecule has 99 valence electrons. The highest BCUT2D eigenvalue weighted by atomic mass is 28.4. The number of rotatable bonds is 4. The topological polar surface area (TPSA) is 3.24 Å². The molecule has 0 bridgehead atoms. The summed E-state index contributed by atoms with van der Waals surface area (Å²) in [5, 5.41) is 2.95. The first kappa shape index (κ1) is 14.2. The minimum atomic E-state index is -1.31. The maximum Gasteiger partial charge on any atom is 0.201 e. The van der Waals surface area contributed by atoms with Gasteiger partial charge in [-0.15, -0.1) is 0 Å². The van der Waals surface area contributed by atoms with E-state index >= 15 is 0 Å². The van der Waals surface area contributed by atoms with E-state index in [1.165, 1.54) is 10.4 Å². The van der Waals surface area contributed by atoms with E-state index in [1.54, 1.807) is 0 Å². The standard InChI is InChI=1S/C16H22NSi2/c1-17(19(2,3)4)18(15-11-7-5-8-12-15)16-13-9-6-10-14-16/h5-14H,1-4H3. The fourth-order valence-corrected chi connectivity index (χ4v) is 7.66. The Morgan fingerprint density at radius 1 is 0.737 bits per heavy atom. The first-order valence-electron chi connectivity index (χ1n) is 6.72. The summed E-state index contributed by atoms with van der Waals surface area (Å²) in [6.45, 7) is 7.26. The third kappa shape index (κ3) is 3.44. The Bertz CT molecular complexity index is 466. The van der Waals surface area contributed by atoms with Gasteiger partial charge in [0, 0.05) is 0 Å². The molecule has 0 unspecified atom stereocenters. The quantitative estimate of drug-likeness (QED) is 0.780. The lowest BCUT2D eigenvalue weighted by molar-refractivity contribution is 0.795. The van der Waals surface area contributed by atoms with Crippen molar-refractivity contribution in [1.82, 2.24) is 4.23 Å². The van der Waals surface area contributed by atoms with Gasteiger partial charge in [-0.25, -0.2) is 0 Å². The monoisotopic (exact) mass is 284 g/mol. The van der Waals surface area contributed by atoms with E-state index in [1.807, 2.05) is 0 Å². The Morgan fingerprint density at radius 3 is 1.42 bits per heavy atom. The molecule has 0 atom stereocenters. The molecule has 0 aliphatic carbocycles. The van der Waals surface area contributed by atoms with Crippen LogP contribution in [0.5, 0.6) is 0 Å². The fourth-order valence-electron chi connectivity index (χ4n) is 2.08. The smallest absolute Gasteiger partial charge is 0.201 e. The Kier molecular flexibility index (Phi) is 4.40. The highest BCUT2D eigenvalue weighted by Gasteiger charge is 2.31. The second-order valence-electron chi connectivity index (χ2n) is 5.81. The molecule has 1 radical (unpaired) electrons. The van der Waals surface area contributed by atoms with Crippen molar-refractivity contribution in [3.63, 3.8) is 0 Å². The van der Waals surface area contributed by atoms with Crippen molar-refractivity contribution in [3.05, 3.63) is 60.7 Å². The van der Waals surface area contributed by atoms with E-state index in [9.17, 15) is 0 Å². The largest absolute Gasteiger partial charge is 0.342 e. The van der Waals surface area contributed by atoms with Crippen LogP contribution in [0.25, 0.3) is 0 Å². The summed E-state index contributed by atoms with van der Waals surface area (Å²) in [6, 6.07) is 21.9. The zero-order valence-electron chi connectivity index (χ0n) is 12.2. The first-order valence-corrected chi connectivity index (χ1v) is 11.6. The van der Waals surface area contributed by atoms with Crippen molar-refractivity contribution in [3.8, 4) is 0 Å². The van der Waals surface area contributed by atoms with E-state index in [0.29, 0.717) is 0 Å². The van der Waals surface area contributed by atoms with Crippen molar-refractivity contribution in [2.45, 2.75) is 19.6 Å². The van der Waals surface area contributed by atoms with Crippen LogP contribution in [0, 0.1) is 0 Å². The fraction of sp³-hybridized carbons (Fsp3) is 0.250. The van der Waals surface area contributed by atoms with Crippen molar-refractivity contribution in [2.24, 2.45) is 0 Å². The molecule has 2 rings (SSSR count). The maximum atomic E-state index is 2.67. The van der Waals surface area contributed by atoms with E-state index < -0.39 is 17.2 Å². The summed E-state index contributed by atoms with van der Waals surface area (Å²) < 4.78 is 2.67. The molecular formula is C16H22NSi2. The van der Waals surface area contributed by atoms with Gasteiger partial charge in [-0.05, 0) is 17.4 Å². The molecule has 0 saturated heterocycles. The first-order chi connectivity index (χ1) is 9.00. The highest BCUT2D eigenvalue weighted by Crippen LogP contribution is 2.09. The maximum absolute atomic E-state index is 2.67. The molecule has 0 saturated carbocycles. The number of hydrogen-bond acceptors (Lipinski definition) is 1. The van der Waals surface area contributed by atoms with Gasteiger partial charge in [0.2, 0.25) is 8.96 Å². The Labute approximate surface area is 119 Å². The summed E-state index contributed by atoms with van der Waals surface area (Å²) in [6.07, 6.45) is 0. The van der Waals surface area contributed by atoms with Gasteiger partial charge in [0.05, 0.1) is 0 Å². The van der Waals surface area contributed by atoms with Gasteiger partial charge in [0.1, 0.15) is 8.24 Å². The lowest BCUT2D eigenvalue weighted by atomic mass is 10.4. The Hall–Kier alpha value is -1.17. The molecule has 0 aromatic heterocycles. The van der Waals surface area contributed by atoms with E-state index in [-0.39, 0.29) is 0 Å². The second-order valence-corrected chi connectivity index (χ2v) is 13.8. The minimum absolute atomic E-state index is 0.840. The minimum Gasteiger partial charge on any atom is -0.342 e. The summed E-state index contributed by atoms with van der Waals surface area (Å²) in [7, 11) is 0.156. The molecule has 3 heteroatoms. The summed E-state index contributed by atoms with van der Waals surface area (Å²) in [5.41, 5.74) is 0. The van der Waals surface area contributed by atoms with E-state index in [2.05, 4.69) is 91.6 Å². The van der Waals surface area contributed by atoms with Crippen LogP contribution in [-0.4, -0.2) is 28.5 Å². The van der Waals surface area contributed by atoms with Crippen LogP contribution in [0.2, 0.25) is 19.6 Å². The molecule has 0 spiro atoms. The molecule has 0 fully saturated rings. The highest BCUT2D eigenvalue weighted by molar-refractivity contribution is 6.93. The Morgan fingerprint density at radius 2 is 1.11 bits per heavy atom.